The molecule has 0 aromatic carbocycles. The Morgan fingerprint density at radius 1 is 1.44 bits per heavy atom. The summed E-state index contributed by atoms with van der Waals surface area (Å²) in [5.41, 5.74) is 1.34. The normalized spacial score (nSPS) is 22.6. The fourth-order valence-electron chi connectivity index (χ4n) is 2.55. The topological polar surface area (TPSA) is 16.1 Å². The predicted octanol–water partition coefficient (Wildman–Crippen LogP) is 3.78. The quantitative estimate of drug-likeness (QED) is 0.768. The Bertz CT molecular complexity index is 352. The zero-order valence-electron chi connectivity index (χ0n) is 9.99. The summed E-state index contributed by atoms with van der Waals surface area (Å²) in [6.45, 7) is 5.77. The molecule has 2 heterocycles. The predicted molar refractivity (Wildman–Crippen MR) is 70.4 cm³/mol. The molecule has 0 amide bonds. The molecule has 1 aliphatic heterocycles. The van der Waals surface area contributed by atoms with E-state index < -0.39 is 0 Å². The molecule has 16 heavy (non-hydrogen) atoms. The van der Waals surface area contributed by atoms with Gasteiger partial charge in [0.2, 0.25) is 0 Å². The van der Waals surface area contributed by atoms with Crippen LogP contribution in [0.2, 0.25) is 0 Å². The third-order valence-corrected chi connectivity index (χ3v) is 4.02. The van der Waals surface area contributed by atoms with Gasteiger partial charge in [0, 0.05) is 23.8 Å². The van der Waals surface area contributed by atoms with Gasteiger partial charge in [-0.15, -0.1) is 0 Å². The number of hydrogen-bond donors (Lipinski definition) is 0. The third kappa shape index (κ3) is 2.46. The molecule has 1 atom stereocenters. The monoisotopic (exact) mass is 282 g/mol. The second kappa shape index (κ2) is 5.28. The van der Waals surface area contributed by atoms with Crippen LogP contribution < -0.4 is 0 Å². The van der Waals surface area contributed by atoms with Crippen LogP contribution in [-0.4, -0.2) is 22.5 Å². The molecule has 1 aromatic heterocycles. The fraction of sp³-hybridized carbons (Fsp3) is 0.615. The van der Waals surface area contributed by atoms with Gasteiger partial charge in [0.05, 0.1) is 0 Å². The van der Waals surface area contributed by atoms with Crippen LogP contribution in [0.15, 0.2) is 22.9 Å². The molecule has 3 heteroatoms. The lowest BCUT2D eigenvalue weighted by Gasteiger charge is -2.39. The molecule has 0 unspecified atom stereocenters. The highest BCUT2D eigenvalue weighted by Crippen LogP contribution is 2.35. The molecular weight excluding hydrogens is 264 g/mol. The van der Waals surface area contributed by atoms with E-state index in [1.165, 1.54) is 31.4 Å². The number of hydrogen-bond acceptors (Lipinski definition) is 2. The Morgan fingerprint density at radius 3 is 2.94 bits per heavy atom. The first-order valence-electron chi connectivity index (χ1n) is 6.06. The maximum absolute atomic E-state index is 4.34. The summed E-state index contributed by atoms with van der Waals surface area (Å²) in [5.74, 6) is 0. The molecule has 1 aromatic rings. The van der Waals surface area contributed by atoms with Crippen LogP contribution in [0.4, 0.5) is 0 Å². The average Bonchev–Trinajstić information content (AvgIpc) is 2.29. The van der Waals surface area contributed by atoms with E-state index in [-0.39, 0.29) is 0 Å². The van der Waals surface area contributed by atoms with Crippen molar-refractivity contribution in [2.24, 2.45) is 0 Å². The fourth-order valence-corrected chi connectivity index (χ4v) is 3.07. The van der Waals surface area contributed by atoms with Gasteiger partial charge in [0.15, 0.2) is 0 Å². The van der Waals surface area contributed by atoms with Gasteiger partial charge in [-0.2, -0.15) is 0 Å². The zero-order valence-corrected chi connectivity index (χ0v) is 11.6. The minimum Gasteiger partial charge on any atom is -0.294 e. The Labute approximate surface area is 106 Å². The summed E-state index contributed by atoms with van der Waals surface area (Å²) in [5, 5.41) is 0. The molecule has 0 spiro atoms. The highest BCUT2D eigenvalue weighted by atomic mass is 79.9. The minimum atomic E-state index is 0.539. The van der Waals surface area contributed by atoms with Crippen LogP contribution in [0.1, 0.15) is 44.7 Å². The van der Waals surface area contributed by atoms with Gasteiger partial charge in [0.1, 0.15) is 4.60 Å². The lowest BCUT2D eigenvalue weighted by atomic mass is 9.95. The van der Waals surface area contributed by atoms with Crippen LogP contribution >= 0.6 is 15.9 Å². The number of rotatable bonds is 2. The number of piperidine rings is 1. The van der Waals surface area contributed by atoms with E-state index in [9.17, 15) is 0 Å². The minimum absolute atomic E-state index is 0.539. The number of pyridine rings is 1. The van der Waals surface area contributed by atoms with Gasteiger partial charge in [-0.25, -0.2) is 4.98 Å². The van der Waals surface area contributed by atoms with E-state index in [1.54, 1.807) is 0 Å². The van der Waals surface area contributed by atoms with E-state index in [0.29, 0.717) is 12.1 Å². The number of likely N-dealkylation sites (tertiary alicyclic amines) is 1. The maximum Gasteiger partial charge on any atom is 0.110 e. The van der Waals surface area contributed by atoms with Crippen LogP contribution in [0.5, 0.6) is 0 Å². The highest BCUT2D eigenvalue weighted by molar-refractivity contribution is 9.10. The van der Waals surface area contributed by atoms with Crippen LogP contribution in [0.3, 0.4) is 0 Å². The zero-order chi connectivity index (χ0) is 11.5. The SMILES string of the molecule is CC(C)N1CCCC[C@@H]1c1cccnc1Br. The van der Waals surface area contributed by atoms with E-state index in [0.717, 1.165) is 4.60 Å². The van der Waals surface area contributed by atoms with Gasteiger partial charge in [-0.05, 0) is 55.2 Å². The van der Waals surface area contributed by atoms with Crippen LogP contribution in [-0.2, 0) is 0 Å². The average molecular weight is 283 g/mol. The van der Waals surface area contributed by atoms with E-state index >= 15 is 0 Å². The second-order valence-corrected chi connectivity index (χ2v) is 5.48. The molecule has 0 bridgehead atoms. The molecular formula is C13H19BrN2. The maximum atomic E-state index is 4.34. The van der Waals surface area contributed by atoms with Crippen molar-refractivity contribution in [3.8, 4) is 0 Å². The van der Waals surface area contributed by atoms with E-state index in [1.807, 2.05) is 12.3 Å². The summed E-state index contributed by atoms with van der Waals surface area (Å²) in [6.07, 6.45) is 5.75. The molecule has 88 valence electrons. The molecule has 2 nitrogen and oxygen atoms in total. The van der Waals surface area contributed by atoms with E-state index in [2.05, 4.69) is 45.7 Å². The Hall–Kier alpha value is -0.410. The molecule has 0 saturated carbocycles. The van der Waals surface area contributed by atoms with Crippen molar-refractivity contribution in [1.82, 2.24) is 9.88 Å². The summed E-state index contributed by atoms with van der Waals surface area (Å²) in [6, 6.07) is 5.38. The van der Waals surface area contributed by atoms with Crippen molar-refractivity contribution in [1.29, 1.82) is 0 Å². The molecule has 0 aliphatic carbocycles. The molecule has 0 radical (unpaired) electrons. The lowest BCUT2D eigenvalue weighted by molar-refractivity contribution is 0.111. The Balaban J connectivity index is 2.27. The summed E-state index contributed by atoms with van der Waals surface area (Å²) >= 11 is 3.57. The third-order valence-electron chi connectivity index (χ3n) is 3.35. The van der Waals surface area contributed by atoms with Gasteiger partial charge in [-0.3, -0.25) is 4.90 Å². The summed E-state index contributed by atoms with van der Waals surface area (Å²) in [4.78, 5) is 6.93. The Morgan fingerprint density at radius 2 is 2.25 bits per heavy atom. The lowest BCUT2D eigenvalue weighted by Crippen LogP contribution is -2.38. The molecule has 1 saturated heterocycles. The summed E-state index contributed by atoms with van der Waals surface area (Å²) < 4.78 is 1.01. The summed E-state index contributed by atoms with van der Waals surface area (Å²) in [7, 11) is 0. The number of nitrogens with zero attached hydrogens (tertiary/aromatic N) is 2. The number of halogens is 1. The van der Waals surface area contributed by atoms with Gasteiger partial charge in [-0.1, -0.05) is 12.5 Å². The van der Waals surface area contributed by atoms with Crippen molar-refractivity contribution in [2.75, 3.05) is 6.54 Å². The molecule has 2 rings (SSSR count). The van der Waals surface area contributed by atoms with Gasteiger partial charge >= 0.3 is 0 Å². The van der Waals surface area contributed by atoms with Crippen molar-refractivity contribution in [3.05, 3.63) is 28.5 Å². The molecule has 1 fully saturated rings. The number of aromatic nitrogens is 1. The van der Waals surface area contributed by atoms with Crippen molar-refractivity contribution >= 4 is 15.9 Å². The van der Waals surface area contributed by atoms with Gasteiger partial charge < -0.3 is 0 Å². The largest absolute Gasteiger partial charge is 0.294 e. The molecule has 1 aliphatic rings. The standard InChI is InChI=1S/C13H19BrN2/c1-10(2)16-9-4-3-7-12(16)11-6-5-8-15-13(11)14/h5-6,8,10,12H,3-4,7,9H2,1-2H3/t12-/m1/s1. The Kier molecular flexibility index (Phi) is 3.98. The first kappa shape index (κ1) is 12.1. The van der Waals surface area contributed by atoms with Crippen molar-refractivity contribution in [2.45, 2.75) is 45.2 Å². The van der Waals surface area contributed by atoms with Gasteiger partial charge in [0.25, 0.3) is 0 Å². The van der Waals surface area contributed by atoms with Crippen LogP contribution in [0.25, 0.3) is 0 Å². The first-order chi connectivity index (χ1) is 7.70. The van der Waals surface area contributed by atoms with Crippen LogP contribution in [0, 0.1) is 0 Å². The second-order valence-electron chi connectivity index (χ2n) is 4.73. The highest BCUT2D eigenvalue weighted by Gasteiger charge is 2.27. The molecule has 0 N–H and O–H groups in total. The van der Waals surface area contributed by atoms with Crippen molar-refractivity contribution < 1.29 is 0 Å². The van der Waals surface area contributed by atoms with E-state index in [4.69, 9.17) is 0 Å². The van der Waals surface area contributed by atoms with Crippen molar-refractivity contribution in [3.63, 3.8) is 0 Å². The smallest absolute Gasteiger partial charge is 0.110 e. The first-order valence-corrected chi connectivity index (χ1v) is 6.85.